The molecule has 4 heteroatoms. The van der Waals surface area contributed by atoms with E-state index in [0.717, 1.165) is 45.5 Å². The van der Waals surface area contributed by atoms with Crippen molar-refractivity contribution in [3.05, 3.63) is 485 Å². The van der Waals surface area contributed by atoms with Crippen LogP contribution in [0.3, 0.4) is 0 Å². The SMILES string of the molecule is Cc1ccc2c(-c3c4ccccc4c(N(c4ccccc4)c4ccc(-n5c6ccccc6c6ccccc65)cc4)c4ccccc34)c3ccccc3c(-c3ccc4ccccc4c3)c2c1.c1ccc(N(c2ccc(-n3c4ccccc4c4ccccc43)cc2)c2c3ccccc3c(-c3c4ccccc4c(-c4ccc5ccccc5c4)c4ccccc34)c3ccccc23)cc1. The molecular weight excluding hydrogens is 1560 g/mol. The van der Waals surface area contributed by atoms with E-state index in [0.29, 0.717) is 0 Å². The Labute approximate surface area is 746 Å². The molecule has 0 saturated heterocycles. The van der Waals surface area contributed by atoms with E-state index in [9.17, 15) is 0 Å². The van der Waals surface area contributed by atoms with Crippen LogP contribution in [0, 0.1) is 6.92 Å². The Kier molecular flexibility index (Phi) is 17.8. The third kappa shape index (κ3) is 12.2. The average Bonchev–Trinajstić information content (AvgIpc) is 0.897. The van der Waals surface area contributed by atoms with E-state index in [-0.39, 0.29) is 0 Å². The smallest absolute Gasteiger partial charge is 0.0618 e. The minimum absolute atomic E-state index is 1.09. The fraction of sp³-hybridized carbons (Fsp3) is 0.00800. The average molecular weight is 1640 g/mol. The fourth-order valence-corrected chi connectivity index (χ4v) is 21.4. The number of fused-ring (bicyclic) bond motifs is 16. The molecule has 602 valence electrons. The second-order valence-corrected chi connectivity index (χ2v) is 34.1. The molecule has 0 N–H and O–H groups in total. The van der Waals surface area contributed by atoms with Gasteiger partial charge < -0.3 is 18.9 Å². The molecule has 129 heavy (non-hydrogen) atoms. The summed E-state index contributed by atoms with van der Waals surface area (Å²) in [6.07, 6.45) is 0. The van der Waals surface area contributed by atoms with E-state index in [1.807, 2.05) is 0 Å². The first-order chi connectivity index (χ1) is 64.0. The number of hydrogen-bond donors (Lipinski definition) is 0. The number of rotatable bonds is 12. The van der Waals surface area contributed by atoms with Crippen LogP contribution < -0.4 is 9.80 Å². The second-order valence-electron chi connectivity index (χ2n) is 34.1. The van der Waals surface area contributed by atoms with Crippen LogP contribution in [-0.4, -0.2) is 9.13 Å². The van der Waals surface area contributed by atoms with Crippen molar-refractivity contribution in [1.82, 2.24) is 9.13 Å². The van der Waals surface area contributed by atoms with Crippen LogP contribution >= 0.6 is 0 Å². The second kappa shape index (κ2) is 30.8. The van der Waals surface area contributed by atoms with Crippen molar-refractivity contribution in [2.75, 3.05) is 9.80 Å². The number of para-hydroxylation sites is 6. The summed E-state index contributed by atoms with van der Waals surface area (Å²) < 4.78 is 4.78. The van der Waals surface area contributed by atoms with Crippen LogP contribution in [0.5, 0.6) is 0 Å². The van der Waals surface area contributed by atoms with Gasteiger partial charge in [-0.2, -0.15) is 0 Å². The van der Waals surface area contributed by atoms with E-state index in [2.05, 4.69) is 505 Å². The van der Waals surface area contributed by atoms with E-state index < -0.39 is 0 Å². The van der Waals surface area contributed by atoms with Crippen LogP contribution in [0.2, 0.25) is 0 Å². The number of nitrogens with zero attached hydrogens (tertiary/aromatic N) is 4. The summed E-state index contributed by atoms with van der Waals surface area (Å²) >= 11 is 0. The van der Waals surface area contributed by atoms with Crippen molar-refractivity contribution < 1.29 is 0 Å². The van der Waals surface area contributed by atoms with Gasteiger partial charge in [-0.1, -0.05) is 376 Å². The van der Waals surface area contributed by atoms with Gasteiger partial charge in [-0.25, -0.2) is 0 Å². The molecule has 24 aromatic carbocycles. The van der Waals surface area contributed by atoms with Gasteiger partial charge in [0.1, 0.15) is 0 Å². The van der Waals surface area contributed by atoms with Crippen LogP contribution in [-0.2, 0) is 0 Å². The molecule has 0 aliphatic heterocycles. The zero-order valence-electron chi connectivity index (χ0n) is 70.9. The van der Waals surface area contributed by atoms with Crippen molar-refractivity contribution in [3.63, 3.8) is 0 Å². The fourth-order valence-electron chi connectivity index (χ4n) is 21.4. The van der Waals surface area contributed by atoms with Crippen LogP contribution in [0.15, 0.2) is 479 Å². The Morgan fingerprint density at radius 1 is 0.155 bits per heavy atom. The number of hydrogen-bond acceptors (Lipinski definition) is 2. The molecule has 0 spiro atoms. The third-order valence-corrected chi connectivity index (χ3v) is 26.9. The van der Waals surface area contributed by atoms with Gasteiger partial charge in [-0.05, 0) is 247 Å². The van der Waals surface area contributed by atoms with Gasteiger partial charge in [0.2, 0.25) is 0 Å². The minimum atomic E-state index is 1.09. The molecule has 0 bridgehead atoms. The van der Waals surface area contributed by atoms with Crippen molar-refractivity contribution >= 4 is 185 Å². The normalized spacial score (nSPS) is 11.8. The van der Waals surface area contributed by atoms with E-state index in [1.54, 1.807) is 0 Å². The van der Waals surface area contributed by atoms with Crippen molar-refractivity contribution in [1.29, 1.82) is 0 Å². The highest BCUT2D eigenvalue weighted by Gasteiger charge is 2.30. The lowest BCUT2D eigenvalue weighted by molar-refractivity contribution is 1.17. The molecule has 26 aromatic rings. The molecule has 26 rings (SSSR count). The van der Waals surface area contributed by atoms with Gasteiger partial charge in [0.05, 0.1) is 33.4 Å². The maximum atomic E-state index is 2.46. The Hall–Kier alpha value is -16.9. The predicted octanol–water partition coefficient (Wildman–Crippen LogP) is 35.0. The number of benzene rings is 24. The molecule has 0 unspecified atom stereocenters. The highest BCUT2D eigenvalue weighted by Crippen LogP contribution is 2.56. The lowest BCUT2D eigenvalue weighted by atomic mass is 9.82. The first kappa shape index (κ1) is 74.7. The Bertz CT molecular complexity index is 8740. The molecule has 0 atom stereocenters. The Balaban J connectivity index is 0.000000140. The summed E-state index contributed by atoms with van der Waals surface area (Å²) in [5.41, 5.74) is 25.1. The molecule has 0 radical (unpaired) electrons. The molecule has 4 nitrogen and oxygen atoms in total. The van der Waals surface area contributed by atoms with Crippen molar-refractivity contribution in [3.8, 4) is 55.9 Å². The first-order valence-corrected chi connectivity index (χ1v) is 44.6. The van der Waals surface area contributed by atoms with Gasteiger partial charge >= 0.3 is 0 Å². The lowest BCUT2D eigenvalue weighted by Gasteiger charge is -2.30. The predicted molar refractivity (Wildman–Crippen MR) is 552 cm³/mol. The molecule has 2 aromatic heterocycles. The summed E-state index contributed by atoms with van der Waals surface area (Å²) in [5, 5.41) is 29.7. The van der Waals surface area contributed by atoms with Gasteiger partial charge in [0.25, 0.3) is 0 Å². The number of aromatic nitrogens is 2. The first-order valence-electron chi connectivity index (χ1n) is 44.6. The van der Waals surface area contributed by atoms with Crippen LogP contribution in [0.1, 0.15) is 5.56 Å². The molecule has 0 saturated carbocycles. The standard InChI is InChI=1S/C63H42N2.C62H40N2/c1-41-31-38-54-57(39-41)60(44-33-32-42-17-5-6-18-43(42)40-44)50-23-7-8-24-51(50)61(54)62-52-25-9-11-27-55(52)63(56-28-12-10-26-53(56)62)64(45-19-3-2-4-20-45)46-34-36-47(37-35-46)65-58-29-15-13-21-48(58)49-22-14-16-30-59(49)65;1-2-20-44(21-3-1)63(45-36-38-46(39-37-45)64-57-32-16-14-22-47(57)48-23-15-17-33-58(48)64)62-55-30-12-10-28-53(55)61(54-29-11-13-31-56(54)62)60-51-26-8-6-24-49(51)59(50-25-7-9-27-52(50)60)43-35-34-41-18-4-5-19-42(41)40-43/h2-40H,1H3;1-40H. The summed E-state index contributed by atoms with van der Waals surface area (Å²) in [5.74, 6) is 0. The van der Waals surface area contributed by atoms with Crippen LogP contribution in [0.4, 0.5) is 34.1 Å². The largest absolute Gasteiger partial charge is 0.309 e. The molecule has 2 heterocycles. The Morgan fingerprint density at radius 2 is 0.388 bits per heavy atom. The van der Waals surface area contributed by atoms with Gasteiger partial charge in [-0.3, -0.25) is 0 Å². The van der Waals surface area contributed by atoms with Gasteiger partial charge in [-0.15, -0.1) is 0 Å². The molecular formula is C125H82N4. The third-order valence-electron chi connectivity index (χ3n) is 26.9. The van der Waals surface area contributed by atoms with Crippen molar-refractivity contribution in [2.24, 2.45) is 0 Å². The van der Waals surface area contributed by atoms with Crippen molar-refractivity contribution in [2.45, 2.75) is 6.92 Å². The van der Waals surface area contributed by atoms with E-state index in [1.165, 1.54) is 201 Å². The topological polar surface area (TPSA) is 16.3 Å². The zero-order chi connectivity index (χ0) is 85.2. The Morgan fingerprint density at radius 3 is 0.705 bits per heavy atom. The van der Waals surface area contributed by atoms with Gasteiger partial charge in [0, 0.05) is 77.2 Å². The van der Waals surface area contributed by atoms with E-state index in [4.69, 9.17) is 0 Å². The monoisotopic (exact) mass is 1640 g/mol. The maximum Gasteiger partial charge on any atom is 0.0618 e. The quantitative estimate of drug-likeness (QED) is 0.113. The summed E-state index contributed by atoms with van der Waals surface area (Å²) in [7, 11) is 0. The number of anilines is 6. The summed E-state index contributed by atoms with van der Waals surface area (Å²) in [6, 6.07) is 176. The molecule has 0 aliphatic carbocycles. The molecule has 0 amide bonds. The molecule has 0 aliphatic rings. The highest BCUT2D eigenvalue weighted by molar-refractivity contribution is 6.33. The summed E-state index contributed by atoms with van der Waals surface area (Å²) in [4.78, 5) is 4.93. The minimum Gasteiger partial charge on any atom is -0.309 e. The summed E-state index contributed by atoms with van der Waals surface area (Å²) in [6.45, 7) is 2.21. The maximum absolute atomic E-state index is 2.46. The van der Waals surface area contributed by atoms with Gasteiger partial charge in [0.15, 0.2) is 0 Å². The zero-order valence-corrected chi connectivity index (χ0v) is 70.9. The molecule has 0 fully saturated rings. The van der Waals surface area contributed by atoms with E-state index >= 15 is 0 Å². The lowest BCUT2D eigenvalue weighted by Crippen LogP contribution is -2.11. The highest BCUT2D eigenvalue weighted by atomic mass is 15.2. The number of aryl methyl sites for hydroxylation is 1. The van der Waals surface area contributed by atoms with Crippen LogP contribution in [0.25, 0.3) is 207 Å².